The number of pyridine rings is 1. The molecular formula is C16H12BrN3O2S. The van der Waals surface area contributed by atoms with Gasteiger partial charge in [0.15, 0.2) is 5.78 Å². The fraction of sp³-hybridized carbons (Fsp3) is 0.125. The molecule has 0 bridgehead atoms. The van der Waals surface area contributed by atoms with Crippen LogP contribution in [-0.2, 0) is 0 Å². The van der Waals surface area contributed by atoms with E-state index in [1.165, 1.54) is 4.68 Å². The van der Waals surface area contributed by atoms with Gasteiger partial charge in [-0.3, -0.25) is 9.78 Å². The highest BCUT2D eigenvalue weighted by molar-refractivity contribution is 9.10. The van der Waals surface area contributed by atoms with Gasteiger partial charge in [0, 0.05) is 22.4 Å². The number of Topliss-reactive ketones (excluding diaryl/α,β-unsaturated/α-hetero) is 1. The van der Waals surface area contributed by atoms with Crippen molar-refractivity contribution in [2.24, 2.45) is 0 Å². The number of carbonyl (C=O) groups is 1. The second kappa shape index (κ2) is 6.55. The first kappa shape index (κ1) is 15.8. The molecule has 0 radical (unpaired) electrons. The van der Waals surface area contributed by atoms with E-state index in [0.29, 0.717) is 17.0 Å². The summed E-state index contributed by atoms with van der Waals surface area (Å²) in [7, 11) is 0. The van der Waals surface area contributed by atoms with Crippen molar-refractivity contribution in [1.29, 1.82) is 0 Å². The maximum atomic E-state index is 12.6. The maximum Gasteiger partial charge on any atom is 0.287 e. The third kappa shape index (κ3) is 3.30. The lowest BCUT2D eigenvalue weighted by Crippen LogP contribution is -2.18. The minimum Gasteiger partial charge on any atom is -0.409 e. The molecular weight excluding hydrogens is 378 g/mol. The summed E-state index contributed by atoms with van der Waals surface area (Å²) < 4.78 is 7.83. The van der Waals surface area contributed by atoms with Crippen LogP contribution in [0.15, 0.2) is 57.7 Å². The summed E-state index contributed by atoms with van der Waals surface area (Å²) in [6, 6.07) is 10.2. The van der Waals surface area contributed by atoms with Gasteiger partial charge in [0.05, 0.1) is 5.56 Å². The summed E-state index contributed by atoms with van der Waals surface area (Å²) in [5.74, 6) is 0.262. The van der Waals surface area contributed by atoms with E-state index < -0.39 is 6.04 Å². The molecule has 0 aliphatic heterocycles. The minimum absolute atomic E-state index is 0.0837. The predicted octanol–water partition coefficient (Wildman–Crippen LogP) is 4.47. The number of halogens is 1. The summed E-state index contributed by atoms with van der Waals surface area (Å²) in [5.41, 5.74) is 1.30. The predicted molar refractivity (Wildman–Crippen MR) is 91.7 cm³/mol. The lowest BCUT2D eigenvalue weighted by molar-refractivity contribution is 0.0925. The maximum absolute atomic E-state index is 12.6. The van der Waals surface area contributed by atoms with Crippen LogP contribution in [0.1, 0.15) is 23.3 Å². The zero-order valence-corrected chi connectivity index (χ0v) is 14.5. The molecule has 1 aromatic carbocycles. The van der Waals surface area contributed by atoms with E-state index in [4.69, 9.17) is 16.6 Å². The van der Waals surface area contributed by atoms with E-state index in [2.05, 4.69) is 26.0 Å². The number of nitrogens with zero attached hydrogens (tertiary/aromatic N) is 3. The molecule has 0 aliphatic carbocycles. The third-order valence-electron chi connectivity index (χ3n) is 3.35. The normalized spacial score (nSPS) is 12.1. The van der Waals surface area contributed by atoms with Crippen molar-refractivity contribution in [2.75, 3.05) is 0 Å². The van der Waals surface area contributed by atoms with Crippen LogP contribution in [0.25, 0.3) is 11.5 Å². The van der Waals surface area contributed by atoms with Crippen LogP contribution in [0.3, 0.4) is 0 Å². The van der Waals surface area contributed by atoms with E-state index in [-0.39, 0.29) is 10.6 Å². The zero-order chi connectivity index (χ0) is 16.4. The number of aromatic nitrogens is 3. The second-order valence-electron chi connectivity index (χ2n) is 4.91. The quantitative estimate of drug-likeness (QED) is 0.486. The van der Waals surface area contributed by atoms with E-state index in [9.17, 15) is 4.79 Å². The molecule has 3 aromatic rings. The van der Waals surface area contributed by atoms with Crippen LogP contribution >= 0.6 is 28.1 Å². The molecule has 0 saturated carbocycles. The number of hydrogen-bond acceptors (Lipinski definition) is 5. The average molecular weight is 390 g/mol. The minimum atomic E-state index is -0.558. The van der Waals surface area contributed by atoms with Gasteiger partial charge in [-0.25, -0.2) is 4.68 Å². The molecule has 0 amide bonds. The number of ketones is 1. The molecule has 0 N–H and O–H groups in total. The van der Waals surface area contributed by atoms with Gasteiger partial charge in [0.2, 0.25) is 5.89 Å². The molecule has 5 nitrogen and oxygen atoms in total. The topological polar surface area (TPSA) is 60.9 Å². The van der Waals surface area contributed by atoms with Crippen molar-refractivity contribution < 1.29 is 9.21 Å². The summed E-state index contributed by atoms with van der Waals surface area (Å²) >= 11 is 8.54. The van der Waals surface area contributed by atoms with Gasteiger partial charge in [0.1, 0.15) is 6.04 Å². The SMILES string of the molecule is C[C@@H](C(=O)c1ccc(Br)cc1)n1nc(-c2cccnc2)oc1=S. The van der Waals surface area contributed by atoms with Crippen molar-refractivity contribution in [1.82, 2.24) is 14.8 Å². The third-order valence-corrected chi connectivity index (χ3v) is 4.15. The van der Waals surface area contributed by atoms with Gasteiger partial charge < -0.3 is 4.42 Å². The van der Waals surface area contributed by atoms with Gasteiger partial charge in [-0.1, -0.05) is 28.1 Å². The van der Waals surface area contributed by atoms with Gasteiger partial charge in [-0.15, -0.1) is 5.10 Å². The summed E-state index contributed by atoms with van der Waals surface area (Å²) in [6.07, 6.45) is 3.29. The van der Waals surface area contributed by atoms with Crippen LogP contribution in [0.4, 0.5) is 0 Å². The van der Waals surface area contributed by atoms with Crippen LogP contribution in [0, 0.1) is 4.84 Å². The lowest BCUT2D eigenvalue weighted by Gasteiger charge is -2.09. The Balaban J connectivity index is 1.92. The van der Waals surface area contributed by atoms with Crippen molar-refractivity contribution in [3.63, 3.8) is 0 Å². The van der Waals surface area contributed by atoms with Crippen molar-refractivity contribution in [2.45, 2.75) is 13.0 Å². The number of hydrogen-bond donors (Lipinski definition) is 0. The molecule has 0 saturated heterocycles. The Morgan fingerprint density at radius 2 is 2.04 bits per heavy atom. The first-order valence-electron chi connectivity index (χ1n) is 6.86. The summed E-state index contributed by atoms with van der Waals surface area (Å²) in [6.45, 7) is 1.75. The lowest BCUT2D eigenvalue weighted by atomic mass is 10.1. The van der Waals surface area contributed by atoms with Gasteiger partial charge in [0.25, 0.3) is 4.84 Å². The Kier molecular flexibility index (Phi) is 4.49. The monoisotopic (exact) mass is 389 g/mol. The second-order valence-corrected chi connectivity index (χ2v) is 6.17. The highest BCUT2D eigenvalue weighted by Crippen LogP contribution is 2.21. The van der Waals surface area contributed by atoms with Crippen LogP contribution in [0.2, 0.25) is 0 Å². The summed E-state index contributed by atoms with van der Waals surface area (Å²) in [5, 5.41) is 4.32. The molecule has 0 unspecified atom stereocenters. The highest BCUT2D eigenvalue weighted by atomic mass is 79.9. The number of rotatable bonds is 4. The highest BCUT2D eigenvalue weighted by Gasteiger charge is 2.21. The summed E-state index contributed by atoms with van der Waals surface area (Å²) in [4.78, 5) is 16.8. The molecule has 23 heavy (non-hydrogen) atoms. The van der Waals surface area contributed by atoms with E-state index >= 15 is 0 Å². The molecule has 0 spiro atoms. The zero-order valence-electron chi connectivity index (χ0n) is 12.1. The molecule has 0 aliphatic rings. The average Bonchev–Trinajstić information content (AvgIpc) is 2.97. The van der Waals surface area contributed by atoms with E-state index in [1.807, 2.05) is 18.2 Å². The Bertz CT molecular complexity index is 888. The molecule has 1 atom stereocenters. The number of carbonyl (C=O) groups excluding carboxylic acids is 1. The van der Waals surface area contributed by atoms with Crippen molar-refractivity contribution in [3.8, 4) is 11.5 Å². The van der Waals surface area contributed by atoms with E-state index in [0.717, 1.165) is 4.47 Å². The molecule has 2 aromatic heterocycles. The van der Waals surface area contributed by atoms with Crippen molar-refractivity contribution >= 4 is 33.9 Å². The largest absolute Gasteiger partial charge is 0.409 e. The van der Waals surface area contributed by atoms with Gasteiger partial charge in [-0.2, -0.15) is 0 Å². The Hall–Kier alpha value is -2.12. The van der Waals surface area contributed by atoms with Crippen LogP contribution in [-0.4, -0.2) is 20.5 Å². The van der Waals surface area contributed by atoms with Gasteiger partial charge >= 0.3 is 0 Å². The standard InChI is InChI=1S/C16H12BrN3O2S/c1-10(14(21)11-4-6-13(17)7-5-11)20-16(23)22-15(19-20)12-3-2-8-18-9-12/h2-10H,1H3/t10-/m0/s1. The molecule has 116 valence electrons. The van der Waals surface area contributed by atoms with Crippen LogP contribution in [0.5, 0.6) is 0 Å². The molecule has 0 fully saturated rings. The fourth-order valence-corrected chi connectivity index (χ4v) is 2.65. The fourth-order valence-electron chi connectivity index (χ4n) is 2.11. The Labute approximate surface area is 146 Å². The smallest absolute Gasteiger partial charge is 0.287 e. The molecule has 7 heteroatoms. The van der Waals surface area contributed by atoms with Gasteiger partial charge in [-0.05, 0) is 43.4 Å². The molecule has 2 heterocycles. The number of benzene rings is 1. The Morgan fingerprint density at radius 1 is 1.30 bits per heavy atom. The van der Waals surface area contributed by atoms with Crippen molar-refractivity contribution in [3.05, 3.63) is 63.7 Å². The molecule has 3 rings (SSSR count). The first-order chi connectivity index (χ1) is 11.1. The Morgan fingerprint density at radius 3 is 2.70 bits per heavy atom. The van der Waals surface area contributed by atoms with Crippen LogP contribution < -0.4 is 0 Å². The first-order valence-corrected chi connectivity index (χ1v) is 8.06. The van der Waals surface area contributed by atoms with E-state index in [1.54, 1.807) is 37.5 Å².